The van der Waals surface area contributed by atoms with E-state index in [0.29, 0.717) is 25.3 Å². The fourth-order valence-electron chi connectivity index (χ4n) is 2.91. The van der Waals surface area contributed by atoms with E-state index in [9.17, 15) is 4.79 Å². The minimum Gasteiger partial charge on any atom is -0.481 e. The average Bonchev–Trinajstić information content (AvgIpc) is 3.22. The fraction of sp³-hybridized carbons (Fsp3) is 0.471. The van der Waals surface area contributed by atoms with Crippen LogP contribution in [0.3, 0.4) is 0 Å². The molecule has 1 saturated heterocycles. The molecular formula is C17H22N4O3. The zero-order valence-electron chi connectivity index (χ0n) is 13.9. The molecule has 3 rings (SSSR count). The van der Waals surface area contributed by atoms with E-state index in [2.05, 4.69) is 15.4 Å². The summed E-state index contributed by atoms with van der Waals surface area (Å²) in [6.45, 7) is 0.628. The molecule has 128 valence electrons. The summed E-state index contributed by atoms with van der Waals surface area (Å²) < 4.78 is 12.6. The van der Waals surface area contributed by atoms with Crippen LogP contribution in [0.15, 0.2) is 30.6 Å². The number of carbonyl (C=O) groups is 1. The topological polar surface area (TPSA) is 78.3 Å². The van der Waals surface area contributed by atoms with Crippen LogP contribution in [0.5, 0.6) is 5.88 Å². The van der Waals surface area contributed by atoms with Gasteiger partial charge in [0.2, 0.25) is 11.8 Å². The first kappa shape index (κ1) is 16.4. The molecule has 2 aromatic heterocycles. The van der Waals surface area contributed by atoms with Gasteiger partial charge in [-0.1, -0.05) is 0 Å². The third-order valence-corrected chi connectivity index (χ3v) is 4.27. The van der Waals surface area contributed by atoms with Crippen molar-refractivity contribution in [2.75, 3.05) is 13.7 Å². The molecule has 7 heteroatoms. The van der Waals surface area contributed by atoms with Crippen LogP contribution in [0, 0.1) is 0 Å². The number of hydrogen-bond acceptors (Lipinski definition) is 5. The first-order chi connectivity index (χ1) is 11.7. The van der Waals surface area contributed by atoms with E-state index in [4.69, 9.17) is 9.47 Å². The lowest BCUT2D eigenvalue weighted by atomic mass is 10.0. The lowest BCUT2D eigenvalue weighted by molar-refractivity contribution is -0.122. The minimum absolute atomic E-state index is 0.0261. The Labute approximate surface area is 141 Å². The first-order valence-electron chi connectivity index (χ1n) is 8.05. The summed E-state index contributed by atoms with van der Waals surface area (Å²) in [5.74, 6) is 0.590. The maximum Gasteiger partial charge on any atom is 0.220 e. The smallest absolute Gasteiger partial charge is 0.220 e. The van der Waals surface area contributed by atoms with Crippen molar-refractivity contribution in [3.8, 4) is 5.88 Å². The highest BCUT2D eigenvalue weighted by Gasteiger charge is 2.31. The molecule has 1 N–H and O–H groups in total. The van der Waals surface area contributed by atoms with Gasteiger partial charge in [-0.2, -0.15) is 5.10 Å². The maximum absolute atomic E-state index is 12.3. The summed E-state index contributed by atoms with van der Waals surface area (Å²) >= 11 is 0. The van der Waals surface area contributed by atoms with E-state index in [0.717, 1.165) is 17.7 Å². The van der Waals surface area contributed by atoms with Crippen molar-refractivity contribution in [2.45, 2.75) is 31.4 Å². The molecule has 1 aliphatic rings. The molecule has 0 bridgehead atoms. The van der Waals surface area contributed by atoms with Gasteiger partial charge in [0.15, 0.2) is 0 Å². The second kappa shape index (κ2) is 7.44. The number of aromatic nitrogens is 3. The van der Waals surface area contributed by atoms with Crippen molar-refractivity contribution < 1.29 is 14.3 Å². The minimum atomic E-state index is -0.163. The predicted molar refractivity (Wildman–Crippen MR) is 87.6 cm³/mol. The van der Waals surface area contributed by atoms with Crippen LogP contribution in [0.2, 0.25) is 0 Å². The van der Waals surface area contributed by atoms with Crippen LogP contribution in [0.1, 0.15) is 30.2 Å². The molecule has 1 fully saturated rings. The number of methoxy groups -OCH3 is 1. The van der Waals surface area contributed by atoms with Crippen molar-refractivity contribution >= 4 is 5.91 Å². The molecule has 1 amide bonds. The van der Waals surface area contributed by atoms with Gasteiger partial charge in [-0.25, -0.2) is 4.98 Å². The summed E-state index contributed by atoms with van der Waals surface area (Å²) in [6, 6.07) is 5.63. The van der Waals surface area contributed by atoms with Gasteiger partial charge in [0.1, 0.15) is 6.10 Å². The van der Waals surface area contributed by atoms with E-state index in [1.54, 1.807) is 30.3 Å². The monoisotopic (exact) mass is 330 g/mol. The standard InChI is InChI=1S/C17H22N4O3/c1-21-13(7-9-19-21)4-5-15(22)20-14-8-10-24-17(14)12-3-6-16(23-2)18-11-12/h3,6-7,9,11,14,17H,4-5,8,10H2,1-2H3,(H,20,22)/t14-,17+/m0/s1. The second-order valence-electron chi connectivity index (χ2n) is 5.83. The Balaban J connectivity index is 1.56. The SMILES string of the molecule is COc1ccc([C@H]2OCC[C@@H]2NC(=O)CCc2ccnn2C)cn1. The summed E-state index contributed by atoms with van der Waals surface area (Å²) in [5, 5.41) is 7.20. The van der Waals surface area contributed by atoms with Gasteiger partial charge in [0.05, 0.1) is 13.2 Å². The lowest BCUT2D eigenvalue weighted by Crippen LogP contribution is -2.37. The largest absolute Gasteiger partial charge is 0.481 e. The molecule has 7 nitrogen and oxygen atoms in total. The molecule has 0 aromatic carbocycles. The molecule has 0 aliphatic carbocycles. The molecule has 1 aliphatic heterocycles. The summed E-state index contributed by atoms with van der Waals surface area (Å²) in [4.78, 5) is 16.5. The summed E-state index contributed by atoms with van der Waals surface area (Å²) in [7, 11) is 3.46. The highest BCUT2D eigenvalue weighted by molar-refractivity contribution is 5.76. The second-order valence-corrected chi connectivity index (χ2v) is 5.83. The van der Waals surface area contributed by atoms with E-state index in [1.165, 1.54) is 0 Å². The number of aryl methyl sites for hydroxylation is 2. The van der Waals surface area contributed by atoms with Gasteiger partial charge in [-0.3, -0.25) is 9.48 Å². The quantitative estimate of drug-likeness (QED) is 0.866. The van der Waals surface area contributed by atoms with Crippen LogP contribution < -0.4 is 10.1 Å². The van der Waals surface area contributed by atoms with Gasteiger partial charge in [-0.15, -0.1) is 0 Å². The molecule has 0 radical (unpaired) electrons. The van der Waals surface area contributed by atoms with Crippen molar-refractivity contribution in [1.82, 2.24) is 20.1 Å². The highest BCUT2D eigenvalue weighted by atomic mass is 16.5. The van der Waals surface area contributed by atoms with Crippen LogP contribution >= 0.6 is 0 Å². The number of carbonyl (C=O) groups excluding carboxylic acids is 1. The number of nitrogens with one attached hydrogen (secondary N) is 1. The van der Waals surface area contributed by atoms with E-state index in [-0.39, 0.29) is 18.1 Å². The molecule has 0 saturated carbocycles. The third kappa shape index (κ3) is 3.73. The average molecular weight is 330 g/mol. The lowest BCUT2D eigenvalue weighted by Gasteiger charge is -2.20. The van der Waals surface area contributed by atoms with E-state index >= 15 is 0 Å². The zero-order chi connectivity index (χ0) is 16.9. The van der Waals surface area contributed by atoms with Crippen LogP contribution in [-0.2, 0) is 23.0 Å². The Hall–Kier alpha value is -2.41. The van der Waals surface area contributed by atoms with Crippen molar-refractivity contribution in [1.29, 1.82) is 0 Å². The number of hydrogen-bond donors (Lipinski definition) is 1. The zero-order valence-corrected chi connectivity index (χ0v) is 13.9. The Morgan fingerprint density at radius 1 is 1.46 bits per heavy atom. The number of amides is 1. The van der Waals surface area contributed by atoms with Crippen molar-refractivity contribution in [3.63, 3.8) is 0 Å². The third-order valence-electron chi connectivity index (χ3n) is 4.27. The number of nitrogens with zero attached hydrogens (tertiary/aromatic N) is 3. The first-order valence-corrected chi connectivity index (χ1v) is 8.05. The molecule has 24 heavy (non-hydrogen) atoms. The van der Waals surface area contributed by atoms with Gasteiger partial charge < -0.3 is 14.8 Å². The van der Waals surface area contributed by atoms with Crippen LogP contribution in [0.25, 0.3) is 0 Å². The van der Waals surface area contributed by atoms with Crippen molar-refractivity contribution in [2.24, 2.45) is 7.05 Å². The van der Waals surface area contributed by atoms with E-state index in [1.807, 2.05) is 19.2 Å². The molecule has 0 unspecified atom stereocenters. The number of pyridine rings is 1. The Morgan fingerprint density at radius 3 is 3.00 bits per heavy atom. The van der Waals surface area contributed by atoms with Crippen LogP contribution in [0.4, 0.5) is 0 Å². The highest BCUT2D eigenvalue weighted by Crippen LogP contribution is 2.29. The Kier molecular flexibility index (Phi) is 5.10. The normalized spacial score (nSPS) is 20.1. The van der Waals surface area contributed by atoms with Crippen molar-refractivity contribution in [3.05, 3.63) is 41.9 Å². The Bertz CT molecular complexity index is 683. The molecule has 2 aromatic rings. The maximum atomic E-state index is 12.3. The predicted octanol–water partition coefficient (Wildman–Crippen LogP) is 1.40. The summed E-state index contributed by atoms with van der Waals surface area (Å²) in [5.41, 5.74) is 1.99. The van der Waals surface area contributed by atoms with Gasteiger partial charge in [0, 0.05) is 49.8 Å². The molecule has 0 spiro atoms. The number of ether oxygens (including phenoxy) is 2. The molecule has 2 atom stereocenters. The van der Waals surface area contributed by atoms with Gasteiger partial charge in [0.25, 0.3) is 0 Å². The van der Waals surface area contributed by atoms with E-state index < -0.39 is 0 Å². The molecule has 3 heterocycles. The summed E-state index contributed by atoms with van der Waals surface area (Å²) in [6.07, 6.45) is 5.22. The van der Waals surface area contributed by atoms with Crippen LogP contribution in [-0.4, -0.2) is 40.4 Å². The number of rotatable bonds is 6. The molecular weight excluding hydrogens is 308 g/mol. The van der Waals surface area contributed by atoms with Gasteiger partial charge >= 0.3 is 0 Å². The Morgan fingerprint density at radius 2 is 2.33 bits per heavy atom. The fourth-order valence-corrected chi connectivity index (χ4v) is 2.91. The van der Waals surface area contributed by atoms with Gasteiger partial charge in [-0.05, 0) is 25.0 Å².